The van der Waals surface area contributed by atoms with Gasteiger partial charge in [0.15, 0.2) is 10.8 Å². The van der Waals surface area contributed by atoms with E-state index in [1.54, 1.807) is 17.4 Å². The summed E-state index contributed by atoms with van der Waals surface area (Å²) < 4.78 is 1.95. The Morgan fingerprint density at radius 1 is 1.43 bits per heavy atom. The number of hydrogen-bond acceptors (Lipinski definition) is 5. The first-order chi connectivity index (χ1) is 10.2. The van der Waals surface area contributed by atoms with Crippen LogP contribution in [0.25, 0.3) is 11.0 Å². The third-order valence-electron chi connectivity index (χ3n) is 3.78. The molecule has 0 atom stereocenters. The number of aliphatic carboxylic acids is 1. The number of aromatic nitrogens is 2. The largest absolute Gasteiger partial charge is 0.478 e. The predicted octanol–water partition coefficient (Wildman–Crippen LogP) is 1.64. The van der Waals surface area contributed by atoms with E-state index < -0.39 is 5.97 Å². The molecule has 1 aliphatic rings. The van der Waals surface area contributed by atoms with Crippen LogP contribution in [-0.2, 0) is 4.79 Å². The number of hydrogen-bond donors (Lipinski definition) is 1. The van der Waals surface area contributed by atoms with E-state index in [1.165, 1.54) is 6.08 Å². The smallest absolute Gasteiger partial charge is 0.328 e. The maximum absolute atomic E-state index is 10.8. The maximum atomic E-state index is 10.8. The number of rotatable bonds is 4. The van der Waals surface area contributed by atoms with Crippen LogP contribution in [0, 0.1) is 0 Å². The molecule has 112 valence electrons. The van der Waals surface area contributed by atoms with Gasteiger partial charge in [-0.15, -0.1) is 11.3 Å². The highest BCUT2D eigenvalue weighted by atomic mass is 32.1. The van der Waals surface area contributed by atoms with Crippen molar-refractivity contribution in [3.05, 3.63) is 23.3 Å². The molecule has 2 aromatic rings. The summed E-state index contributed by atoms with van der Waals surface area (Å²) in [6.45, 7) is 7.12. The molecule has 3 heterocycles. The highest BCUT2D eigenvalue weighted by molar-refractivity contribution is 7.15. The van der Waals surface area contributed by atoms with Crippen molar-refractivity contribution in [2.75, 3.05) is 37.6 Å². The Balaban J connectivity index is 1.92. The van der Waals surface area contributed by atoms with Crippen molar-refractivity contribution in [3.8, 4) is 0 Å². The molecule has 0 bridgehead atoms. The molecule has 0 aromatic carbocycles. The van der Waals surface area contributed by atoms with E-state index >= 15 is 0 Å². The summed E-state index contributed by atoms with van der Waals surface area (Å²) in [5.74, 6) is -0.0583. The molecule has 0 unspecified atom stereocenters. The van der Waals surface area contributed by atoms with Gasteiger partial charge in [-0.25, -0.2) is 9.78 Å². The molecular formula is C14H18N4O2S. The number of piperazine rings is 1. The quantitative estimate of drug-likeness (QED) is 0.870. The van der Waals surface area contributed by atoms with Crippen LogP contribution in [-0.4, -0.2) is 58.1 Å². The van der Waals surface area contributed by atoms with E-state index in [1.807, 2.05) is 16.0 Å². The van der Waals surface area contributed by atoms with Crippen molar-refractivity contribution in [1.29, 1.82) is 0 Å². The van der Waals surface area contributed by atoms with Gasteiger partial charge in [0.05, 0.1) is 5.69 Å². The van der Waals surface area contributed by atoms with Gasteiger partial charge < -0.3 is 14.9 Å². The first-order valence-corrected chi connectivity index (χ1v) is 7.91. The van der Waals surface area contributed by atoms with E-state index in [9.17, 15) is 4.79 Å². The van der Waals surface area contributed by atoms with Crippen LogP contribution >= 0.6 is 11.3 Å². The summed E-state index contributed by atoms with van der Waals surface area (Å²) >= 11 is 1.56. The van der Waals surface area contributed by atoms with Crippen LogP contribution in [0.4, 0.5) is 5.82 Å². The van der Waals surface area contributed by atoms with Gasteiger partial charge in [-0.1, -0.05) is 6.92 Å². The lowest BCUT2D eigenvalue weighted by atomic mass is 10.3. The Morgan fingerprint density at radius 3 is 2.86 bits per heavy atom. The maximum Gasteiger partial charge on any atom is 0.328 e. The molecule has 0 aliphatic carbocycles. The van der Waals surface area contributed by atoms with Gasteiger partial charge in [0.2, 0.25) is 0 Å². The Morgan fingerprint density at radius 2 is 2.19 bits per heavy atom. The molecule has 1 saturated heterocycles. The third-order valence-corrected chi connectivity index (χ3v) is 4.54. The van der Waals surface area contributed by atoms with Gasteiger partial charge in [0, 0.05) is 43.8 Å². The second-order valence-electron chi connectivity index (χ2n) is 4.97. The lowest BCUT2D eigenvalue weighted by Gasteiger charge is -2.34. The number of anilines is 1. The first-order valence-electron chi connectivity index (χ1n) is 7.03. The summed E-state index contributed by atoms with van der Waals surface area (Å²) in [6, 6.07) is 0. The zero-order valence-corrected chi connectivity index (χ0v) is 12.7. The molecule has 7 heteroatoms. The van der Waals surface area contributed by atoms with Crippen LogP contribution in [0.5, 0.6) is 0 Å². The number of likely N-dealkylation sites (N-methyl/N-ethyl adjacent to an activating group) is 1. The van der Waals surface area contributed by atoms with Crippen LogP contribution in [0.15, 0.2) is 17.7 Å². The zero-order valence-electron chi connectivity index (χ0n) is 11.9. The number of thiazole rings is 1. The SMILES string of the molecule is CCN1CCN(c2nc3sccn3c2C=CC(=O)O)CC1. The van der Waals surface area contributed by atoms with Gasteiger partial charge in [-0.2, -0.15) is 0 Å². The summed E-state index contributed by atoms with van der Waals surface area (Å²) in [5, 5.41) is 10.8. The number of carboxylic acid groups (broad SMARTS) is 1. The topological polar surface area (TPSA) is 61.1 Å². The molecule has 1 fully saturated rings. The van der Waals surface area contributed by atoms with Crippen LogP contribution in [0.3, 0.4) is 0 Å². The fourth-order valence-corrected chi connectivity index (χ4v) is 3.32. The van der Waals surface area contributed by atoms with E-state index in [0.29, 0.717) is 0 Å². The predicted molar refractivity (Wildman–Crippen MR) is 84.1 cm³/mol. The minimum absolute atomic E-state index is 0.846. The van der Waals surface area contributed by atoms with Crippen LogP contribution < -0.4 is 4.90 Å². The minimum Gasteiger partial charge on any atom is -0.478 e. The van der Waals surface area contributed by atoms with Crippen LogP contribution in [0.1, 0.15) is 12.6 Å². The average molecular weight is 306 g/mol. The number of fused-ring (bicyclic) bond motifs is 1. The number of carboxylic acids is 1. The zero-order chi connectivity index (χ0) is 14.8. The monoisotopic (exact) mass is 306 g/mol. The second-order valence-corrected chi connectivity index (χ2v) is 5.84. The molecule has 0 saturated carbocycles. The summed E-state index contributed by atoms with van der Waals surface area (Å²) in [7, 11) is 0. The van der Waals surface area contributed by atoms with Crippen molar-refractivity contribution in [1.82, 2.24) is 14.3 Å². The third kappa shape index (κ3) is 2.79. The average Bonchev–Trinajstić information content (AvgIpc) is 3.06. The summed E-state index contributed by atoms with van der Waals surface area (Å²) in [4.78, 5) is 21.0. The van der Waals surface area contributed by atoms with E-state index in [2.05, 4.69) is 21.7 Å². The lowest BCUT2D eigenvalue weighted by Crippen LogP contribution is -2.46. The van der Waals surface area contributed by atoms with E-state index in [0.717, 1.165) is 49.2 Å². The molecule has 1 aliphatic heterocycles. The van der Waals surface area contributed by atoms with Gasteiger partial charge in [0.25, 0.3) is 0 Å². The van der Waals surface area contributed by atoms with Crippen molar-refractivity contribution in [2.24, 2.45) is 0 Å². The number of nitrogens with zero attached hydrogens (tertiary/aromatic N) is 4. The summed E-state index contributed by atoms with van der Waals surface area (Å²) in [6.07, 6.45) is 4.74. The first kappa shape index (κ1) is 14.1. The molecule has 6 nitrogen and oxygen atoms in total. The van der Waals surface area contributed by atoms with Gasteiger partial charge in [0.1, 0.15) is 0 Å². The van der Waals surface area contributed by atoms with Gasteiger partial charge in [-0.05, 0) is 12.6 Å². The van der Waals surface area contributed by atoms with E-state index in [4.69, 9.17) is 5.11 Å². The summed E-state index contributed by atoms with van der Waals surface area (Å²) in [5.41, 5.74) is 0.846. The lowest BCUT2D eigenvalue weighted by molar-refractivity contribution is -0.131. The normalized spacial score (nSPS) is 17.1. The fourth-order valence-electron chi connectivity index (χ4n) is 2.61. The van der Waals surface area contributed by atoms with Crippen molar-refractivity contribution in [2.45, 2.75) is 6.92 Å². The second kappa shape index (κ2) is 5.87. The molecule has 0 amide bonds. The Bertz CT molecular complexity index is 668. The Labute approximate surface area is 126 Å². The van der Waals surface area contributed by atoms with Crippen molar-refractivity contribution >= 4 is 34.2 Å². The van der Waals surface area contributed by atoms with Gasteiger partial charge >= 0.3 is 5.97 Å². The minimum atomic E-state index is -0.943. The van der Waals surface area contributed by atoms with Gasteiger partial charge in [-0.3, -0.25) is 4.40 Å². The molecule has 3 rings (SSSR count). The Hall–Kier alpha value is -1.86. The Kier molecular flexibility index (Phi) is 3.94. The standard InChI is InChI=1S/C14H18N4O2S/c1-2-16-5-7-17(8-6-16)13-11(3-4-12(19)20)18-9-10-21-14(18)15-13/h3-4,9-10H,2,5-8H2,1H3,(H,19,20). The van der Waals surface area contributed by atoms with Crippen molar-refractivity contribution in [3.63, 3.8) is 0 Å². The number of carbonyl (C=O) groups is 1. The number of imidazole rings is 1. The molecule has 0 radical (unpaired) electrons. The highest BCUT2D eigenvalue weighted by Gasteiger charge is 2.21. The van der Waals surface area contributed by atoms with Crippen LogP contribution in [0.2, 0.25) is 0 Å². The molecule has 2 aromatic heterocycles. The molecule has 21 heavy (non-hydrogen) atoms. The molecule has 1 N–H and O–H groups in total. The molecule has 0 spiro atoms. The van der Waals surface area contributed by atoms with E-state index in [-0.39, 0.29) is 0 Å². The van der Waals surface area contributed by atoms with Crippen molar-refractivity contribution < 1.29 is 9.90 Å². The fraction of sp³-hybridized carbons (Fsp3) is 0.429. The highest BCUT2D eigenvalue weighted by Crippen LogP contribution is 2.26. The molecular weight excluding hydrogens is 288 g/mol.